The second-order valence-corrected chi connectivity index (χ2v) is 4.27. The van der Waals surface area contributed by atoms with Crippen molar-refractivity contribution >= 4 is 5.82 Å². The van der Waals surface area contributed by atoms with Crippen molar-refractivity contribution in [3.63, 3.8) is 0 Å². The minimum Gasteiger partial charge on any atom is -0.366 e. The van der Waals surface area contributed by atoms with E-state index in [-0.39, 0.29) is 6.04 Å². The lowest BCUT2D eigenvalue weighted by atomic mass is 10.2. The van der Waals surface area contributed by atoms with Gasteiger partial charge in [0.1, 0.15) is 5.82 Å². The first-order valence-electron chi connectivity index (χ1n) is 5.80. The summed E-state index contributed by atoms with van der Waals surface area (Å²) in [5.74, 6) is 0.728. The van der Waals surface area contributed by atoms with Gasteiger partial charge in [0.05, 0.1) is 18.2 Å². The Morgan fingerprint density at radius 1 is 1.50 bits per heavy atom. The topological polar surface area (TPSA) is 66.5 Å². The van der Waals surface area contributed by atoms with Crippen LogP contribution in [0.25, 0.3) is 0 Å². The molecule has 0 saturated carbocycles. The molecule has 1 N–H and O–H groups in total. The minimum atomic E-state index is 0.186. The summed E-state index contributed by atoms with van der Waals surface area (Å²) in [7, 11) is 0. The van der Waals surface area contributed by atoms with Gasteiger partial charge >= 0.3 is 0 Å². The molecule has 1 unspecified atom stereocenters. The van der Waals surface area contributed by atoms with Gasteiger partial charge in [-0.15, -0.1) is 0 Å². The Labute approximate surface area is 106 Å². The van der Waals surface area contributed by atoms with Gasteiger partial charge in [-0.25, -0.2) is 4.98 Å². The van der Waals surface area contributed by atoms with Crippen LogP contribution in [0.15, 0.2) is 30.6 Å². The molecule has 0 fully saturated rings. The quantitative estimate of drug-likeness (QED) is 0.888. The molecular weight excluding hydrogens is 226 g/mol. The molecule has 0 bridgehead atoms. The smallest absolute Gasteiger partial charge is 0.127 e. The average molecular weight is 241 g/mol. The van der Waals surface area contributed by atoms with Gasteiger partial charge < -0.3 is 5.32 Å². The van der Waals surface area contributed by atoms with Crippen LogP contribution in [0.3, 0.4) is 0 Å². The highest BCUT2D eigenvalue weighted by Gasteiger charge is 2.05. The maximum absolute atomic E-state index is 8.91. The molecule has 0 radical (unpaired) electrons. The van der Waals surface area contributed by atoms with Gasteiger partial charge in [-0.05, 0) is 32.0 Å². The molecule has 92 valence electrons. The van der Waals surface area contributed by atoms with Gasteiger partial charge in [0.25, 0.3) is 0 Å². The van der Waals surface area contributed by atoms with E-state index < -0.39 is 0 Å². The summed E-state index contributed by atoms with van der Waals surface area (Å²) in [5, 5.41) is 16.3. The molecule has 0 aliphatic rings. The van der Waals surface area contributed by atoms with Crippen LogP contribution in [0.4, 0.5) is 5.82 Å². The van der Waals surface area contributed by atoms with Crippen LogP contribution >= 0.6 is 0 Å². The number of hydrogen-bond donors (Lipinski definition) is 1. The van der Waals surface area contributed by atoms with Gasteiger partial charge in [-0.3, -0.25) is 4.68 Å². The zero-order chi connectivity index (χ0) is 13.0. The Bertz CT molecular complexity index is 553. The predicted octanol–water partition coefficient (Wildman–Crippen LogP) is 1.96. The van der Waals surface area contributed by atoms with E-state index in [0.29, 0.717) is 5.56 Å². The highest BCUT2D eigenvalue weighted by atomic mass is 15.3. The van der Waals surface area contributed by atoms with Crippen molar-refractivity contribution in [2.75, 3.05) is 5.32 Å². The Kier molecular flexibility index (Phi) is 3.58. The van der Waals surface area contributed by atoms with Crippen LogP contribution in [-0.2, 0) is 6.54 Å². The molecule has 0 amide bonds. The first kappa shape index (κ1) is 12.1. The molecular formula is C13H15N5. The lowest BCUT2D eigenvalue weighted by molar-refractivity contribution is 0.559. The standard InChI is InChI=1S/C13H15N5/c1-10-6-12(8-14)7-13(16-10)17-11(2)9-18-5-3-4-15-18/h3-7,11H,9H2,1-2H3,(H,16,17). The average Bonchev–Trinajstić information content (AvgIpc) is 2.80. The second kappa shape index (κ2) is 5.32. The number of aryl methyl sites for hydroxylation is 1. The number of anilines is 1. The SMILES string of the molecule is Cc1cc(C#N)cc(NC(C)Cn2cccn2)n1. The molecule has 5 nitrogen and oxygen atoms in total. The largest absolute Gasteiger partial charge is 0.366 e. The van der Waals surface area contributed by atoms with Crippen molar-refractivity contribution in [1.29, 1.82) is 5.26 Å². The van der Waals surface area contributed by atoms with Crippen LogP contribution in [-0.4, -0.2) is 20.8 Å². The monoisotopic (exact) mass is 241 g/mol. The molecule has 18 heavy (non-hydrogen) atoms. The summed E-state index contributed by atoms with van der Waals surface area (Å²) >= 11 is 0. The number of rotatable bonds is 4. The fourth-order valence-corrected chi connectivity index (χ4v) is 1.79. The molecule has 0 aliphatic heterocycles. The number of nitriles is 1. The lowest BCUT2D eigenvalue weighted by Crippen LogP contribution is -2.22. The van der Waals surface area contributed by atoms with Crippen molar-refractivity contribution in [1.82, 2.24) is 14.8 Å². The van der Waals surface area contributed by atoms with Crippen molar-refractivity contribution < 1.29 is 0 Å². The van der Waals surface area contributed by atoms with E-state index in [1.165, 1.54) is 0 Å². The molecule has 1 atom stereocenters. The number of nitrogens with one attached hydrogen (secondary N) is 1. The number of nitrogens with zero attached hydrogens (tertiary/aromatic N) is 4. The van der Waals surface area contributed by atoms with Gasteiger partial charge in [0.2, 0.25) is 0 Å². The highest BCUT2D eigenvalue weighted by Crippen LogP contribution is 2.10. The van der Waals surface area contributed by atoms with E-state index >= 15 is 0 Å². The Balaban J connectivity index is 2.05. The first-order valence-corrected chi connectivity index (χ1v) is 5.80. The Hall–Kier alpha value is -2.35. The normalized spacial score (nSPS) is 11.8. The molecule has 0 aromatic carbocycles. The second-order valence-electron chi connectivity index (χ2n) is 4.27. The number of hydrogen-bond acceptors (Lipinski definition) is 4. The van der Waals surface area contributed by atoms with E-state index in [1.54, 1.807) is 18.3 Å². The Morgan fingerprint density at radius 2 is 2.33 bits per heavy atom. The summed E-state index contributed by atoms with van der Waals surface area (Å²) in [6, 6.07) is 7.73. The van der Waals surface area contributed by atoms with E-state index in [9.17, 15) is 0 Å². The molecule has 2 rings (SSSR count). The lowest BCUT2D eigenvalue weighted by Gasteiger charge is -2.15. The Morgan fingerprint density at radius 3 is 3.00 bits per heavy atom. The van der Waals surface area contributed by atoms with E-state index in [1.807, 2.05) is 23.9 Å². The summed E-state index contributed by atoms with van der Waals surface area (Å²) < 4.78 is 1.86. The fourth-order valence-electron chi connectivity index (χ4n) is 1.79. The third-order valence-electron chi connectivity index (χ3n) is 2.50. The van der Waals surface area contributed by atoms with Crippen LogP contribution in [0, 0.1) is 18.3 Å². The van der Waals surface area contributed by atoms with Crippen molar-refractivity contribution in [2.45, 2.75) is 26.4 Å². The maximum Gasteiger partial charge on any atom is 0.127 e. The molecule has 2 aromatic rings. The molecule has 2 aromatic heterocycles. The molecule has 0 spiro atoms. The number of aromatic nitrogens is 3. The van der Waals surface area contributed by atoms with Crippen molar-refractivity contribution in [3.05, 3.63) is 41.9 Å². The zero-order valence-electron chi connectivity index (χ0n) is 10.5. The number of pyridine rings is 1. The molecule has 0 saturated heterocycles. The summed E-state index contributed by atoms with van der Waals surface area (Å²) in [4.78, 5) is 4.36. The predicted molar refractivity (Wildman–Crippen MR) is 69.0 cm³/mol. The van der Waals surface area contributed by atoms with Gasteiger partial charge in [-0.2, -0.15) is 10.4 Å². The van der Waals surface area contributed by atoms with Gasteiger partial charge in [-0.1, -0.05) is 0 Å². The van der Waals surface area contributed by atoms with Crippen molar-refractivity contribution in [3.8, 4) is 6.07 Å². The molecule has 0 aliphatic carbocycles. The van der Waals surface area contributed by atoms with Crippen LogP contribution in [0.5, 0.6) is 0 Å². The first-order chi connectivity index (χ1) is 8.67. The molecule has 5 heteroatoms. The maximum atomic E-state index is 8.91. The minimum absolute atomic E-state index is 0.186. The van der Waals surface area contributed by atoms with Crippen LogP contribution < -0.4 is 5.32 Å². The summed E-state index contributed by atoms with van der Waals surface area (Å²) in [5.41, 5.74) is 1.46. The van der Waals surface area contributed by atoms with Crippen LogP contribution in [0.2, 0.25) is 0 Å². The third-order valence-corrected chi connectivity index (χ3v) is 2.50. The van der Waals surface area contributed by atoms with Gasteiger partial charge in [0, 0.05) is 24.1 Å². The summed E-state index contributed by atoms with van der Waals surface area (Å²) in [6.07, 6.45) is 3.67. The van der Waals surface area contributed by atoms with Crippen molar-refractivity contribution in [2.24, 2.45) is 0 Å². The van der Waals surface area contributed by atoms with E-state index in [0.717, 1.165) is 18.1 Å². The van der Waals surface area contributed by atoms with Gasteiger partial charge in [0.15, 0.2) is 0 Å². The molecule has 2 heterocycles. The fraction of sp³-hybridized carbons (Fsp3) is 0.308. The van der Waals surface area contributed by atoms with E-state index in [4.69, 9.17) is 5.26 Å². The summed E-state index contributed by atoms with van der Waals surface area (Å²) in [6.45, 7) is 4.69. The van der Waals surface area contributed by atoms with E-state index in [2.05, 4.69) is 28.4 Å². The third kappa shape index (κ3) is 3.08. The van der Waals surface area contributed by atoms with Crippen LogP contribution in [0.1, 0.15) is 18.2 Å². The highest BCUT2D eigenvalue weighted by molar-refractivity contribution is 5.44. The zero-order valence-corrected chi connectivity index (χ0v) is 10.5.